The first kappa shape index (κ1) is 9.76. The van der Waals surface area contributed by atoms with Crippen LogP contribution in [0, 0.1) is 0 Å². The van der Waals surface area contributed by atoms with E-state index in [9.17, 15) is 4.79 Å². The molecule has 5 heteroatoms. The van der Waals surface area contributed by atoms with E-state index in [4.69, 9.17) is 13.9 Å². The maximum atomic E-state index is 11.5. The smallest absolute Gasteiger partial charge is 0.335 e. The molecule has 0 bridgehead atoms. The fourth-order valence-electron chi connectivity index (χ4n) is 1.41. The van der Waals surface area contributed by atoms with Crippen LogP contribution in [0.4, 0.5) is 0 Å². The zero-order chi connectivity index (χ0) is 10.7. The SMILES string of the molecule is CCOC(=O)[C@H]1N=CO[C@@H]1c1ccco1. The molecule has 5 nitrogen and oxygen atoms in total. The van der Waals surface area contributed by atoms with E-state index in [1.165, 1.54) is 12.7 Å². The third-order valence-electron chi connectivity index (χ3n) is 2.07. The normalized spacial score (nSPS) is 23.8. The van der Waals surface area contributed by atoms with Crippen LogP contribution >= 0.6 is 0 Å². The summed E-state index contributed by atoms with van der Waals surface area (Å²) in [4.78, 5) is 15.4. The van der Waals surface area contributed by atoms with Crippen molar-refractivity contribution in [2.75, 3.05) is 6.61 Å². The summed E-state index contributed by atoms with van der Waals surface area (Å²) in [7, 11) is 0. The van der Waals surface area contributed by atoms with Gasteiger partial charge in [0, 0.05) is 0 Å². The van der Waals surface area contributed by atoms with Gasteiger partial charge >= 0.3 is 5.97 Å². The fraction of sp³-hybridized carbons (Fsp3) is 0.400. The summed E-state index contributed by atoms with van der Waals surface area (Å²) >= 11 is 0. The van der Waals surface area contributed by atoms with E-state index < -0.39 is 18.1 Å². The molecule has 0 saturated carbocycles. The van der Waals surface area contributed by atoms with Gasteiger partial charge in [0.15, 0.2) is 18.5 Å². The molecular formula is C10H11NO4. The average molecular weight is 209 g/mol. The molecule has 1 aromatic heterocycles. The number of aliphatic imine (C=N–C) groups is 1. The van der Waals surface area contributed by atoms with Crippen molar-refractivity contribution in [3.63, 3.8) is 0 Å². The first-order valence-electron chi connectivity index (χ1n) is 4.70. The summed E-state index contributed by atoms with van der Waals surface area (Å²) in [5, 5.41) is 0. The molecule has 2 rings (SSSR count). The van der Waals surface area contributed by atoms with Gasteiger partial charge in [-0.05, 0) is 19.1 Å². The van der Waals surface area contributed by atoms with Crippen molar-refractivity contribution in [1.29, 1.82) is 0 Å². The fourth-order valence-corrected chi connectivity index (χ4v) is 1.41. The lowest BCUT2D eigenvalue weighted by Gasteiger charge is -2.13. The van der Waals surface area contributed by atoms with Gasteiger partial charge in [0.25, 0.3) is 0 Å². The molecule has 0 amide bonds. The molecule has 2 heterocycles. The van der Waals surface area contributed by atoms with E-state index in [1.54, 1.807) is 19.1 Å². The molecule has 1 aliphatic rings. The molecule has 2 atom stereocenters. The standard InChI is InChI=1S/C10H11NO4/c1-2-13-10(12)8-9(15-6-11-8)7-4-3-5-14-7/h3-6,8-9H,2H2,1H3/t8-,9+/m0/s1. The maximum absolute atomic E-state index is 11.5. The molecule has 0 unspecified atom stereocenters. The van der Waals surface area contributed by atoms with Crippen LogP contribution in [0.15, 0.2) is 27.8 Å². The van der Waals surface area contributed by atoms with Gasteiger partial charge in [0.05, 0.1) is 12.9 Å². The third kappa shape index (κ3) is 1.86. The van der Waals surface area contributed by atoms with Crippen LogP contribution in [0.2, 0.25) is 0 Å². The minimum Gasteiger partial charge on any atom is -0.469 e. The number of hydrogen-bond donors (Lipinski definition) is 0. The lowest BCUT2D eigenvalue weighted by atomic mass is 10.1. The van der Waals surface area contributed by atoms with Crippen LogP contribution in [0.25, 0.3) is 0 Å². The zero-order valence-electron chi connectivity index (χ0n) is 8.25. The number of ether oxygens (including phenoxy) is 2. The molecule has 0 aliphatic carbocycles. The number of furan rings is 1. The topological polar surface area (TPSA) is 61.0 Å². The average Bonchev–Trinajstić information content (AvgIpc) is 2.88. The number of nitrogens with zero attached hydrogens (tertiary/aromatic N) is 1. The predicted octanol–water partition coefficient (Wildman–Crippen LogP) is 1.31. The highest BCUT2D eigenvalue weighted by Crippen LogP contribution is 2.27. The minimum atomic E-state index is -0.656. The molecule has 0 N–H and O–H groups in total. The van der Waals surface area contributed by atoms with Gasteiger partial charge in [-0.25, -0.2) is 9.79 Å². The Bertz CT molecular complexity index is 358. The first-order valence-corrected chi connectivity index (χ1v) is 4.70. The summed E-state index contributed by atoms with van der Waals surface area (Å²) in [5.41, 5.74) is 0. The molecule has 1 aromatic rings. The van der Waals surface area contributed by atoms with Crippen molar-refractivity contribution < 1.29 is 18.7 Å². The van der Waals surface area contributed by atoms with Crippen molar-refractivity contribution in [2.45, 2.75) is 19.1 Å². The van der Waals surface area contributed by atoms with E-state index in [0.29, 0.717) is 12.4 Å². The molecule has 0 radical (unpaired) electrons. The highest BCUT2D eigenvalue weighted by atomic mass is 16.5. The van der Waals surface area contributed by atoms with Gasteiger partial charge in [-0.2, -0.15) is 0 Å². The van der Waals surface area contributed by atoms with Gasteiger partial charge in [-0.1, -0.05) is 0 Å². The van der Waals surface area contributed by atoms with Crippen LogP contribution < -0.4 is 0 Å². The van der Waals surface area contributed by atoms with Crippen LogP contribution in [-0.2, 0) is 14.3 Å². The first-order chi connectivity index (χ1) is 7.33. The molecule has 80 valence electrons. The summed E-state index contributed by atoms with van der Waals surface area (Å²) in [6.45, 7) is 2.08. The Kier molecular flexibility index (Phi) is 2.71. The van der Waals surface area contributed by atoms with E-state index in [0.717, 1.165) is 0 Å². The Labute approximate surface area is 86.7 Å². The van der Waals surface area contributed by atoms with Crippen molar-refractivity contribution in [1.82, 2.24) is 0 Å². The number of carbonyl (C=O) groups is 1. The lowest BCUT2D eigenvalue weighted by molar-refractivity contribution is -0.146. The Balaban J connectivity index is 2.11. The largest absolute Gasteiger partial charge is 0.469 e. The van der Waals surface area contributed by atoms with Crippen LogP contribution in [-0.4, -0.2) is 25.0 Å². The number of carbonyl (C=O) groups excluding carboxylic acids is 1. The zero-order valence-corrected chi connectivity index (χ0v) is 8.25. The maximum Gasteiger partial charge on any atom is 0.335 e. The minimum absolute atomic E-state index is 0.329. The number of esters is 1. The third-order valence-corrected chi connectivity index (χ3v) is 2.07. The van der Waals surface area contributed by atoms with Crippen molar-refractivity contribution in [3.8, 4) is 0 Å². The monoisotopic (exact) mass is 209 g/mol. The Morgan fingerprint density at radius 2 is 2.53 bits per heavy atom. The van der Waals surface area contributed by atoms with E-state index in [-0.39, 0.29) is 0 Å². The van der Waals surface area contributed by atoms with Gasteiger partial charge in [0.2, 0.25) is 0 Å². The van der Waals surface area contributed by atoms with Crippen molar-refractivity contribution >= 4 is 12.4 Å². The molecule has 0 aromatic carbocycles. The summed E-state index contributed by atoms with van der Waals surface area (Å²) in [6, 6.07) is 2.82. The quantitative estimate of drug-likeness (QED) is 0.704. The molecule has 0 saturated heterocycles. The highest BCUT2D eigenvalue weighted by Gasteiger charge is 2.36. The van der Waals surface area contributed by atoms with E-state index in [1.807, 2.05) is 0 Å². The van der Waals surface area contributed by atoms with Gasteiger partial charge in [-0.3, -0.25) is 0 Å². The second kappa shape index (κ2) is 4.16. The lowest BCUT2D eigenvalue weighted by Crippen LogP contribution is -2.26. The van der Waals surface area contributed by atoms with Crippen molar-refractivity contribution in [3.05, 3.63) is 24.2 Å². The highest BCUT2D eigenvalue weighted by molar-refractivity contribution is 5.80. The summed E-state index contributed by atoms with van der Waals surface area (Å²) in [5.74, 6) is 0.179. The van der Waals surface area contributed by atoms with Crippen molar-refractivity contribution in [2.24, 2.45) is 4.99 Å². The molecular weight excluding hydrogens is 198 g/mol. The van der Waals surface area contributed by atoms with Crippen LogP contribution in [0.5, 0.6) is 0 Å². The van der Waals surface area contributed by atoms with Gasteiger partial charge < -0.3 is 13.9 Å². The molecule has 15 heavy (non-hydrogen) atoms. The van der Waals surface area contributed by atoms with E-state index >= 15 is 0 Å². The second-order valence-corrected chi connectivity index (χ2v) is 3.02. The summed E-state index contributed by atoms with van der Waals surface area (Å²) in [6.07, 6.45) is 2.28. The molecule has 0 fully saturated rings. The Hall–Kier alpha value is -1.78. The molecule has 0 spiro atoms. The van der Waals surface area contributed by atoms with Crippen LogP contribution in [0.3, 0.4) is 0 Å². The summed E-state index contributed by atoms with van der Waals surface area (Å²) < 4.78 is 15.2. The Morgan fingerprint density at radius 1 is 1.67 bits per heavy atom. The van der Waals surface area contributed by atoms with Crippen LogP contribution in [0.1, 0.15) is 18.8 Å². The predicted molar refractivity (Wildman–Crippen MR) is 51.4 cm³/mol. The number of rotatable bonds is 3. The van der Waals surface area contributed by atoms with E-state index in [2.05, 4.69) is 4.99 Å². The number of hydrogen-bond acceptors (Lipinski definition) is 5. The van der Waals surface area contributed by atoms with Gasteiger partial charge in [-0.15, -0.1) is 0 Å². The van der Waals surface area contributed by atoms with Gasteiger partial charge in [0.1, 0.15) is 5.76 Å². The second-order valence-electron chi connectivity index (χ2n) is 3.02. The Morgan fingerprint density at radius 3 is 3.20 bits per heavy atom. The molecule has 1 aliphatic heterocycles.